The lowest BCUT2D eigenvalue weighted by Crippen LogP contribution is -2.29. The molecule has 4 nitrogen and oxygen atoms in total. The van der Waals surface area contributed by atoms with E-state index in [-0.39, 0.29) is 23.6 Å². The summed E-state index contributed by atoms with van der Waals surface area (Å²) in [5.74, 6) is -0.485. The molecule has 0 aliphatic carbocycles. The first kappa shape index (κ1) is 12.7. The van der Waals surface area contributed by atoms with Gasteiger partial charge < -0.3 is 9.80 Å². The number of hydrogen-bond acceptors (Lipinski definition) is 2. The minimum absolute atomic E-state index is 0.0343. The number of halogens is 2. The molecule has 1 atom stereocenters. The molecule has 2 amide bonds. The van der Waals surface area contributed by atoms with Gasteiger partial charge in [-0.3, -0.25) is 0 Å². The molecule has 1 heterocycles. The highest BCUT2D eigenvalue weighted by Gasteiger charge is 2.35. The molecule has 1 fully saturated rings. The normalized spacial score (nSPS) is 19.2. The summed E-state index contributed by atoms with van der Waals surface area (Å²) >= 11 is 5.73. The van der Waals surface area contributed by atoms with Crippen LogP contribution in [0.4, 0.5) is 9.18 Å². The van der Waals surface area contributed by atoms with Crippen molar-refractivity contribution in [3.63, 3.8) is 0 Å². The minimum Gasteiger partial charge on any atom is -0.319 e. The van der Waals surface area contributed by atoms with E-state index in [0.717, 1.165) is 5.56 Å². The first-order chi connectivity index (χ1) is 8.54. The average molecular weight is 268 g/mol. The smallest absolute Gasteiger partial charge is 0.319 e. The number of urea groups is 1. The van der Waals surface area contributed by atoms with Crippen molar-refractivity contribution >= 4 is 17.6 Å². The number of rotatable bonds is 2. The predicted octanol–water partition coefficient (Wildman–Crippen LogP) is 2.41. The summed E-state index contributed by atoms with van der Waals surface area (Å²) in [6.45, 7) is 0.458. The average Bonchev–Trinajstić information content (AvgIpc) is 2.62. The molecule has 1 saturated heterocycles. The van der Waals surface area contributed by atoms with Crippen molar-refractivity contribution in [2.75, 3.05) is 20.1 Å². The molecule has 2 rings (SSSR count). The van der Waals surface area contributed by atoms with E-state index >= 15 is 0 Å². The van der Waals surface area contributed by atoms with Crippen LogP contribution in [0.5, 0.6) is 0 Å². The summed E-state index contributed by atoms with van der Waals surface area (Å²) in [6.07, 6.45) is 0. The monoisotopic (exact) mass is 267 g/mol. The Morgan fingerprint density at radius 2 is 2.33 bits per heavy atom. The van der Waals surface area contributed by atoms with Crippen LogP contribution in [-0.4, -0.2) is 36.0 Å². The van der Waals surface area contributed by atoms with Crippen molar-refractivity contribution < 1.29 is 9.18 Å². The number of amides is 2. The fourth-order valence-electron chi connectivity index (χ4n) is 2.03. The van der Waals surface area contributed by atoms with Gasteiger partial charge in [-0.25, -0.2) is 9.18 Å². The Bertz CT molecular complexity index is 529. The van der Waals surface area contributed by atoms with Gasteiger partial charge in [-0.05, 0) is 17.7 Å². The van der Waals surface area contributed by atoms with Gasteiger partial charge in [0.05, 0.1) is 17.1 Å². The molecule has 1 aliphatic rings. The van der Waals surface area contributed by atoms with Crippen LogP contribution < -0.4 is 0 Å². The van der Waals surface area contributed by atoms with Crippen LogP contribution in [0.1, 0.15) is 11.6 Å². The van der Waals surface area contributed by atoms with Crippen molar-refractivity contribution in [3.05, 3.63) is 34.6 Å². The van der Waals surface area contributed by atoms with Crippen LogP contribution in [0, 0.1) is 17.1 Å². The fourth-order valence-corrected chi connectivity index (χ4v) is 2.22. The molecule has 6 heteroatoms. The lowest BCUT2D eigenvalue weighted by atomic mass is 10.1. The molecule has 1 aromatic rings. The van der Waals surface area contributed by atoms with Gasteiger partial charge in [-0.1, -0.05) is 17.7 Å². The largest absolute Gasteiger partial charge is 0.321 e. The summed E-state index contributed by atoms with van der Waals surface area (Å²) in [7, 11) is 1.65. The Balaban J connectivity index is 2.26. The van der Waals surface area contributed by atoms with E-state index in [1.165, 1.54) is 21.9 Å². The summed E-state index contributed by atoms with van der Waals surface area (Å²) < 4.78 is 13.1. The van der Waals surface area contributed by atoms with Crippen LogP contribution in [0.3, 0.4) is 0 Å². The number of hydrogen-bond donors (Lipinski definition) is 0. The van der Waals surface area contributed by atoms with E-state index < -0.39 is 5.82 Å². The second kappa shape index (κ2) is 4.83. The van der Waals surface area contributed by atoms with Crippen molar-refractivity contribution in [3.8, 4) is 6.07 Å². The Morgan fingerprint density at radius 1 is 1.61 bits per heavy atom. The quantitative estimate of drug-likeness (QED) is 0.773. The fraction of sp³-hybridized carbons (Fsp3) is 0.333. The number of carbonyl (C=O) groups is 1. The van der Waals surface area contributed by atoms with Crippen molar-refractivity contribution in [2.45, 2.75) is 6.04 Å². The van der Waals surface area contributed by atoms with Crippen LogP contribution in [-0.2, 0) is 0 Å². The van der Waals surface area contributed by atoms with Gasteiger partial charge in [0.1, 0.15) is 12.4 Å². The Morgan fingerprint density at radius 3 is 2.94 bits per heavy atom. The van der Waals surface area contributed by atoms with E-state index in [9.17, 15) is 9.18 Å². The second-order valence-electron chi connectivity index (χ2n) is 4.12. The van der Waals surface area contributed by atoms with E-state index in [2.05, 4.69) is 0 Å². The third kappa shape index (κ3) is 2.12. The Hall–Kier alpha value is -1.80. The molecular formula is C12H11ClFN3O. The number of nitrogens with zero attached hydrogens (tertiary/aromatic N) is 3. The van der Waals surface area contributed by atoms with E-state index in [4.69, 9.17) is 16.9 Å². The molecular weight excluding hydrogens is 257 g/mol. The number of carbonyl (C=O) groups excluding carboxylic acids is 1. The molecule has 0 aromatic heterocycles. The zero-order chi connectivity index (χ0) is 13.3. The molecule has 1 aliphatic heterocycles. The molecule has 0 N–H and O–H groups in total. The highest BCUT2D eigenvalue weighted by Crippen LogP contribution is 2.30. The molecule has 0 radical (unpaired) electrons. The van der Waals surface area contributed by atoms with Crippen molar-refractivity contribution in [2.24, 2.45) is 0 Å². The van der Waals surface area contributed by atoms with Crippen LogP contribution in [0.25, 0.3) is 0 Å². The summed E-state index contributed by atoms with van der Waals surface area (Å²) in [4.78, 5) is 14.8. The lowest BCUT2D eigenvalue weighted by Gasteiger charge is -2.18. The third-order valence-corrected chi connectivity index (χ3v) is 3.31. The van der Waals surface area contributed by atoms with Gasteiger partial charge in [0, 0.05) is 13.6 Å². The van der Waals surface area contributed by atoms with Gasteiger partial charge in [-0.15, -0.1) is 0 Å². The zero-order valence-electron chi connectivity index (χ0n) is 9.73. The van der Waals surface area contributed by atoms with E-state index in [0.29, 0.717) is 6.54 Å². The van der Waals surface area contributed by atoms with Crippen LogP contribution >= 0.6 is 11.6 Å². The van der Waals surface area contributed by atoms with Gasteiger partial charge in [0.15, 0.2) is 0 Å². The molecule has 18 heavy (non-hydrogen) atoms. The molecule has 94 valence electrons. The maximum atomic E-state index is 13.1. The topological polar surface area (TPSA) is 47.3 Å². The molecule has 0 spiro atoms. The van der Waals surface area contributed by atoms with Gasteiger partial charge in [0.25, 0.3) is 0 Å². The van der Waals surface area contributed by atoms with E-state index in [1.807, 2.05) is 6.07 Å². The summed E-state index contributed by atoms with van der Waals surface area (Å²) in [6, 6.07) is 5.93. The van der Waals surface area contributed by atoms with Crippen molar-refractivity contribution in [1.29, 1.82) is 5.26 Å². The SMILES string of the molecule is CN1C(=O)N(CC#N)CC1c1ccc(F)c(Cl)c1. The number of benzene rings is 1. The summed E-state index contributed by atoms with van der Waals surface area (Å²) in [5, 5.41) is 8.67. The Labute approximate surface area is 109 Å². The van der Waals surface area contributed by atoms with Gasteiger partial charge in [0.2, 0.25) is 0 Å². The minimum atomic E-state index is -0.485. The number of likely N-dealkylation sites (N-methyl/N-ethyl adjacent to an activating group) is 1. The maximum absolute atomic E-state index is 13.1. The van der Waals surface area contributed by atoms with Crippen LogP contribution in [0.2, 0.25) is 5.02 Å². The van der Waals surface area contributed by atoms with Gasteiger partial charge in [-0.2, -0.15) is 5.26 Å². The zero-order valence-corrected chi connectivity index (χ0v) is 10.5. The standard InChI is InChI=1S/C12H11ClFN3O/c1-16-11(7-17(5-4-15)12(16)18)8-2-3-10(14)9(13)6-8/h2-3,6,11H,5,7H2,1H3. The molecule has 0 bridgehead atoms. The highest BCUT2D eigenvalue weighted by atomic mass is 35.5. The first-order valence-corrected chi connectivity index (χ1v) is 5.76. The van der Waals surface area contributed by atoms with E-state index in [1.54, 1.807) is 13.1 Å². The van der Waals surface area contributed by atoms with Gasteiger partial charge >= 0.3 is 6.03 Å². The third-order valence-electron chi connectivity index (χ3n) is 3.02. The highest BCUT2D eigenvalue weighted by molar-refractivity contribution is 6.30. The first-order valence-electron chi connectivity index (χ1n) is 5.38. The summed E-state index contributed by atoms with van der Waals surface area (Å²) in [5.41, 5.74) is 0.762. The maximum Gasteiger partial charge on any atom is 0.321 e. The number of nitriles is 1. The second-order valence-corrected chi connectivity index (χ2v) is 4.53. The predicted molar refractivity (Wildman–Crippen MR) is 64.5 cm³/mol. The van der Waals surface area contributed by atoms with Crippen LogP contribution in [0.15, 0.2) is 18.2 Å². The Kier molecular flexibility index (Phi) is 3.39. The molecule has 1 unspecified atom stereocenters. The lowest BCUT2D eigenvalue weighted by molar-refractivity contribution is 0.199. The molecule has 0 saturated carbocycles. The van der Waals surface area contributed by atoms with Crippen molar-refractivity contribution in [1.82, 2.24) is 9.80 Å². The molecule has 1 aromatic carbocycles.